The highest BCUT2D eigenvalue weighted by Gasteiger charge is 2.30. The Morgan fingerprint density at radius 3 is 2.33 bits per heavy atom. The molecule has 0 aliphatic carbocycles. The second-order valence-corrected chi connectivity index (χ2v) is 9.56. The van der Waals surface area contributed by atoms with E-state index in [0.717, 1.165) is 11.3 Å². The first-order valence-corrected chi connectivity index (χ1v) is 12.0. The van der Waals surface area contributed by atoms with Gasteiger partial charge in [0, 0.05) is 45.1 Å². The van der Waals surface area contributed by atoms with Crippen LogP contribution < -0.4 is 5.32 Å². The van der Waals surface area contributed by atoms with Crippen LogP contribution in [-0.2, 0) is 16.4 Å². The lowest BCUT2D eigenvalue weighted by Crippen LogP contribution is -2.53. The number of piperazine rings is 1. The zero-order valence-corrected chi connectivity index (χ0v) is 18.8. The minimum atomic E-state index is -3.65. The van der Waals surface area contributed by atoms with Gasteiger partial charge in [0.25, 0.3) is 0 Å². The predicted octanol–water partition coefficient (Wildman–Crippen LogP) is 2.00. The quantitative estimate of drug-likeness (QED) is 0.600. The van der Waals surface area contributed by atoms with Gasteiger partial charge in [0.15, 0.2) is 0 Å². The molecule has 10 heteroatoms. The van der Waals surface area contributed by atoms with Gasteiger partial charge < -0.3 is 10.2 Å². The zero-order chi connectivity index (χ0) is 23.3. The summed E-state index contributed by atoms with van der Waals surface area (Å²) in [6, 6.07) is 17.5. The molecule has 33 heavy (non-hydrogen) atoms. The minimum Gasteiger partial charge on any atom is -0.338 e. The number of nitrogens with zero attached hydrogens (tertiary/aromatic N) is 5. The highest BCUT2D eigenvalue weighted by Crippen LogP contribution is 2.18. The highest BCUT2D eigenvalue weighted by molar-refractivity contribution is 7.89. The van der Waals surface area contributed by atoms with Crippen LogP contribution >= 0.6 is 0 Å². The first-order valence-electron chi connectivity index (χ1n) is 10.6. The Hall–Kier alpha value is -3.68. The van der Waals surface area contributed by atoms with Gasteiger partial charge in [0.2, 0.25) is 10.0 Å². The molecule has 1 aromatic heterocycles. The molecule has 1 N–H and O–H groups in total. The van der Waals surface area contributed by atoms with Crippen molar-refractivity contribution >= 4 is 16.1 Å². The molecular weight excluding hydrogens is 440 g/mol. The molecular formula is C23H24N6O3S. The summed E-state index contributed by atoms with van der Waals surface area (Å²) in [6.45, 7) is 1.58. The number of carbonyl (C=O) groups excluding carboxylic acids is 1. The second-order valence-electron chi connectivity index (χ2n) is 7.63. The van der Waals surface area contributed by atoms with Gasteiger partial charge >= 0.3 is 6.03 Å². The largest absolute Gasteiger partial charge is 0.338 e. The molecule has 0 spiro atoms. The lowest BCUT2D eigenvalue weighted by Gasteiger charge is -2.34. The number of hydrogen-bond donors (Lipinski definition) is 1. The van der Waals surface area contributed by atoms with Crippen molar-refractivity contribution in [2.24, 2.45) is 0 Å². The van der Waals surface area contributed by atoms with Gasteiger partial charge in [-0.05, 0) is 54.4 Å². The number of nitrogens with one attached hydrogen (secondary N) is 1. The molecule has 4 rings (SSSR count). The highest BCUT2D eigenvalue weighted by atomic mass is 32.2. The maximum absolute atomic E-state index is 12.8. The van der Waals surface area contributed by atoms with Crippen LogP contribution in [-0.4, -0.2) is 66.2 Å². The third kappa shape index (κ3) is 5.22. The summed E-state index contributed by atoms with van der Waals surface area (Å²) in [4.78, 5) is 14.3. The van der Waals surface area contributed by atoms with Crippen molar-refractivity contribution in [1.29, 1.82) is 5.26 Å². The number of urea groups is 1. The molecule has 0 unspecified atom stereocenters. The number of rotatable bonds is 6. The molecule has 2 aromatic carbocycles. The molecule has 1 aliphatic rings. The van der Waals surface area contributed by atoms with E-state index in [-0.39, 0.29) is 24.0 Å². The first-order chi connectivity index (χ1) is 16.0. The van der Waals surface area contributed by atoms with Gasteiger partial charge in [-0.1, -0.05) is 12.1 Å². The molecule has 0 radical (unpaired) electrons. The molecule has 1 aliphatic heterocycles. The van der Waals surface area contributed by atoms with E-state index >= 15 is 0 Å². The van der Waals surface area contributed by atoms with Gasteiger partial charge in [-0.25, -0.2) is 17.9 Å². The van der Waals surface area contributed by atoms with Gasteiger partial charge in [-0.15, -0.1) is 0 Å². The summed E-state index contributed by atoms with van der Waals surface area (Å²) in [5.74, 6) is 0. The minimum absolute atomic E-state index is 0.151. The summed E-state index contributed by atoms with van der Waals surface area (Å²) in [5.41, 5.74) is 2.48. The lowest BCUT2D eigenvalue weighted by molar-refractivity contribution is 0.172. The van der Waals surface area contributed by atoms with Crippen molar-refractivity contribution in [3.8, 4) is 11.8 Å². The smallest absolute Gasteiger partial charge is 0.317 e. The Morgan fingerprint density at radius 2 is 1.73 bits per heavy atom. The number of carbonyl (C=O) groups is 1. The molecule has 0 saturated carbocycles. The van der Waals surface area contributed by atoms with Crippen molar-refractivity contribution in [1.82, 2.24) is 24.3 Å². The van der Waals surface area contributed by atoms with Crippen LogP contribution in [0.2, 0.25) is 0 Å². The first kappa shape index (κ1) is 22.5. The van der Waals surface area contributed by atoms with E-state index in [1.54, 1.807) is 15.8 Å². The van der Waals surface area contributed by atoms with Gasteiger partial charge in [0.05, 0.1) is 22.2 Å². The standard InChI is InChI=1S/C23H24N6O3S/c24-18-20-4-8-22(9-5-20)33(31,32)28-16-14-27(15-17-28)23(30)25-12-10-19-2-6-21(7-3-19)29-13-1-11-26-29/h1-9,11,13H,10,12,14-17H2,(H,25,30). The lowest BCUT2D eigenvalue weighted by atomic mass is 10.1. The van der Waals surface area contributed by atoms with Crippen LogP contribution in [0.1, 0.15) is 11.1 Å². The Balaban J connectivity index is 1.24. The molecule has 9 nitrogen and oxygen atoms in total. The van der Waals surface area contributed by atoms with Crippen LogP contribution in [0.3, 0.4) is 0 Å². The fraction of sp³-hybridized carbons (Fsp3) is 0.261. The van der Waals surface area contributed by atoms with Crippen LogP contribution in [0, 0.1) is 11.3 Å². The van der Waals surface area contributed by atoms with Crippen LogP contribution in [0.5, 0.6) is 0 Å². The Kier molecular flexibility index (Phi) is 6.72. The van der Waals surface area contributed by atoms with E-state index in [4.69, 9.17) is 5.26 Å². The van der Waals surface area contributed by atoms with E-state index in [2.05, 4.69) is 10.4 Å². The zero-order valence-electron chi connectivity index (χ0n) is 18.0. The summed E-state index contributed by atoms with van der Waals surface area (Å²) in [7, 11) is -3.65. The fourth-order valence-electron chi connectivity index (χ4n) is 3.64. The van der Waals surface area contributed by atoms with Crippen LogP contribution in [0.15, 0.2) is 71.9 Å². The number of sulfonamides is 1. The Morgan fingerprint density at radius 1 is 1.03 bits per heavy atom. The fourth-order valence-corrected chi connectivity index (χ4v) is 5.07. The molecule has 1 saturated heterocycles. The third-order valence-corrected chi connectivity index (χ3v) is 7.46. The monoisotopic (exact) mass is 464 g/mol. The number of nitriles is 1. The topological polar surface area (TPSA) is 111 Å². The normalized spacial score (nSPS) is 14.6. The number of amides is 2. The maximum Gasteiger partial charge on any atom is 0.317 e. The van der Waals surface area contributed by atoms with Crippen LogP contribution in [0.25, 0.3) is 5.69 Å². The Labute approximate surface area is 192 Å². The van der Waals surface area contributed by atoms with Crippen molar-refractivity contribution in [2.45, 2.75) is 11.3 Å². The molecule has 2 amide bonds. The summed E-state index contributed by atoms with van der Waals surface area (Å²) < 4.78 is 28.8. The van der Waals surface area contributed by atoms with Gasteiger partial charge in [-0.3, -0.25) is 0 Å². The average molecular weight is 465 g/mol. The molecule has 3 aromatic rings. The molecule has 0 bridgehead atoms. The molecule has 0 atom stereocenters. The number of hydrogen-bond acceptors (Lipinski definition) is 5. The SMILES string of the molecule is N#Cc1ccc(S(=O)(=O)N2CCN(C(=O)NCCc3ccc(-n4cccn4)cc3)CC2)cc1. The Bertz CT molecular complexity index is 1220. The molecule has 1 fully saturated rings. The van der Waals surface area contributed by atoms with Gasteiger partial charge in [0.1, 0.15) is 0 Å². The van der Waals surface area contributed by atoms with Crippen molar-refractivity contribution < 1.29 is 13.2 Å². The summed E-state index contributed by atoms with van der Waals surface area (Å²) >= 11 is 0. The molecule has 2 heterocycles. The summed E-state index contributed by atoms with van der Waals surface area (Å²) in [6.07, 6.45) is 4.30. The average Bonchev–Trinajstić information content (AvgIpc) is 3.39. The third-order valence-electron chi connectivity index (χ3n) is 5.54. The van der Waals surface area contributed by atoms with Crippen molar-refractivity contribution in [3.05, 3.63) is 78.1 Å². The molecule has 170 valence electrons. The van der Waals surface area contributed by atoms with E-state index in [9.17, 15) is 13.2 Å². The number of benzene rings is 2. The van der Waals surface area contributed by atoms with E-state index in [0.29, 0.717) is 31.6 Å². The second kappa shape index (κ2) is 9.85. The van der Waals surface area contributed by atoms with E-state index in [1.807, 2.05) is 42.6 Å². The van der Waals surface area contributed by atoms with Crippen molar-refractivity contribution in [3.63, 3.8) is 0 Å². The number of aromatic nitrogens is 2. The van der Waals surface area contributed by atoms with Crippen molar-refractivity contribution in [2.75, 3.05) is 32.7 Å². The maximum atomic E-state index is 12.8. The van der Waals surface area contributed by atoms with Gasteiger partial charge in [-0.2, -0.15) is 14.7 Å². The predicted molar refractivity (Wildman–Crippen MR) is 122 cm³/mol. The summed E-state index contributed by atoms with van der Waals surface area (Å²) in [5, 5.41) is 16.0. The van der Waals surface area contributed by atoms with E-state index < -0.39 is 10.0 Å². The van der Waals surface area contributed by atoms with Crippen LogP contribution in [0.4, 0.5) is 4.79 Å². The van der Waals surface area contributed by atoms with E-state index in [1.165, 1.54) is 28.6 Å².